The molecule has 1 aromatic rings. The highest BCUT2D eigenvalue weighted by molar-refractivity contribution is 6.30. The molecule has 1 heterocycles. The quantitative estimate of drug-likeness (QED) is 0.437. The smallest absolute Gasteiger partial charge is 0.318 e. The van der Waals surface area contributed by atoms with Gasteiger partial charge in [0, 0.05) is 18.1 Å². The Morgan fingerprint density at radius 3 is 2.30 bits per heavy atom. The second kappa shape index (κ2) is 8.58. The lowest BCUT2D eigenvalue weighted by Crippen LogP contribution is -2.59. The molecule has 0 bridgehead atoms. The van der Waals surface area contributed by atoms with Crippen molar-refractivity contribution < 1.29 is 19.1 Å². The minimum atomic E-state index is -1.17. The van der Waals surface area contributed by atoms with Crippen molar-refractivity contribution in [1.82, 2.24) is 4.90 Å². The molecule has 1 aliphatic heterocycles. The molecule has 3 unspecified atom stereocenters. The molecule has 0 aromatic heterocycles. The van der Waals surface area contributed by atoms with Crippen LogP contribution in [0.1, 0.15) is 51.4 Å². The Balaban J connectivity index is 1.52. The number of nitrogens with two attached hydrogens (primary N) is 1. The van der Waals surface area contributed by atoms with Gasteiger partial charge in [-0.2, -0.15) is 0 Å². The van der Waals surface area contributed by atoms with Gasteiger partial charge in [0.15, 0.2) is 0 Å². The Kier molecular flexibility index (Phi) is 6.05. The molecule has 2 saturated carbocycles. The summed E-state index contributed by atoms with van der Waals surface area (Å²) in [5, 5.41) is 0.532. The fraction of sp³-hybridized carbons (Fsp3) is 0.609. The van der Waals surface area contributed by atoms with Crippen LogP contribution in [0.15, 0.2) is 24.3 Å². The first-order valence-electron chi connectivity index (χ1n) is 11.0. The molecule has 2 amide bonds. The van der Waals surface area contributed by atoms with Gasteiger partial charge in [-0.3, -0.25) is 14.4 Å². The largest absolute Gasteiger partial charge is 0.426 e. The second-order valence-electron chi connectivity index (χ2n) is 9.07. The van der Waals surface area contributed by atoms with Crippen molar-refractivity contribution in [3.05, 3.63) is 29.3 Å². The van der Waals surface area contributed by atoms with Crippen LogP contribution < -0.4 is 10.5 Å². The predicted molar refractivity (Wildman–Crippen MR) is 113 cm³/mol. The number of halogens is 1. The number of hydrogen-bond acceptors (Lipinski definition) is 4. The van der Waals surface area contributed by atoms with E-state index in [0.717, 1.165) is 19.3 Å². The average molecular weight is 433 g/mol. The predicted octanol–water partition coefficient (Wildman–Crippen LogP) is 3.56. The normalized spacial score (nSPS) is 26.1. The molecule has 4 rings (SSSR count). The van der Waals surface area contributed by atoms with Crippen molar-refractivity contribution in [3.8, 4) is 5.75 Å². The molecule has 3 aliphatic rings. The van der Waals surface area contributed by atoms with Crippen LogP contribution in [0.2, 0.25) is 5.02 Å². The molecule has 1 aromatic carbocycles. The van der Waals surface area contributed by atoms with Gasteiger partial charge in [-0.05, 0) is 61.8 Å². The molecular formula is C23H29ClN2O4. The summed E-state index contributed by atoms with van der Waals surface area (Å²) in [5.41, 5.74) is 4.54. The molecular weight excluding hydrogens is 404 g/mol. The lowest BCUT2D eigenvalue weighted by Gasteiger charge is -2.47. The van der Waals surface area contributed by atoms with Crippen LogP contribution in [-0.2, 0) is 14.4 Å². The third-order valence-corrected chi connectivity index (χ3v) is 7.62. The molecule has 30 heavy (non-hydrogen) atoms. The zero-order chi connectivity index (χ0) is 21.3. The molecule has 6 nitrogen and oxygen atoms in total. The number of rotatable bonds is 5. The van der Waals surface area contributed by atoms with E-state index < -0.39 is 23.2 Å². The lowest BCUT2D eigenvalue weighted by atomic mass is 9.60. The summed E-state index contributed by atoms with van der Waals surface area (Å²) < 4.78 is 5.56. The van der Waals surface area contributed by atoms with Gasteiger partial charge >= 0.3 is 5.97 Å². The van der Waals surface area contributed by atoms with E-state index in [-0.39, 0.29) is 5.91 Å². The molecule has 2 aliphatic carbocycles. The first kappa shape index (κ1) is 21.2. The number of fused-ring (bicyclic) bond motifs is 1. The Morgan fingerprint density at radius 2 is 1.70 bits per heavy atom. The minimum absolute atomic E-state index is 0.306. The lowest BCUT2D eigenvalue weighted by molar-refractivity contribution is -0.169. The number of benzene rings is 1. The Morgan fingerprint density at radius 1 is 1.03 bits per heavy atom. The Bertz CT molecular complexity index is 821. The van der Waals surface area contributed by atoms with Crippen molar-refractivity contribution >= 4 is 29.4 Å². The van der Waals surface area contributed by atoms with E-state index in [0.29, 0.717) is 48.5 Å². The van der Waals surface area contributed by atoms with Crippen molar-refractivity contribution in [3.63, 3.8) is 0 Å². The van der Waals surface area contributed by atoms with Crippen LogP contribution in [0.4, 0.5) is 0 Å². The van der Waals surface area contributed by atoms with E-state index in [1.165, 1.54) is 19.3 Å². The highest BCUT2D eigenvalue weighted by Gasteiger charge is 2.58. The van der Waals surface area contributed by atoms with E-state index in [1.54, 1.807) is 29.2 Å². The molecule has 2 N–H and O–H groups in total. The highest BCUT2D eigenvalue weighted by Crippen LogP contribution is 2.49. The number of hydrogen-bond donors (Lipinski definition) is 1. The molecule has 1 saturated heterocycles. The van der Waals surface area contributed by atoms with Crippen LogP contribution in [0.3, 0.4) is 0 Å². The standard InChI is InChI=1S/C23H29ClN2O4/c24-17-6-8-18(9-7-17)30-22(29)23(11-3-12-23)19(20(25)27)21(28)26-13-10-15-4-1-2-5-16(15)14-26/h6-9,15-16,19H,1-5,10-14H2,(H2,25,27). The van der Waals surface area contributed by atoms with Gasteiger partial charge in [0.05, 0.1) is 5.41 Å². The number of carbonyl (C=O) groups is 3. The third-order valence-electron chi connectivity index (χ3n) is 7.36. The summed E-state index contributed by atoms with van der Waals surface area (Å²) in [6.45, 7) is 1.29. The van der Waals surface area contributed by atoms with Crippen LogP contribution in [0.25, 0.3) is 0 Å². The van der Waals surface area contributed by atoms with E-state index >= 15 is 0 Å². The summed E-state index contributed by atoms with van der Waals surface area (Å²) in [6, 6.07) is 6.45. The number of amides is 2. The first-order valence-corrected chi connectivity index (χ1v) is 11.3. The Labute approximate surface area is 182 Å². The SMILES string of the molecule is NC(=O)C(C(=O)N1CCC2CCCCC2C1)C1(C(=O)Oc2ccc(Cl)cc2)CCC1. The van der Waals surface area contributed by atoms with Crippen LogP contribution in [0.5, 0.6) is 5.75 Å². The zero-order valence-corrected chi connectivity index (χ0v) is 17.9. The maximum atomic E-state index is 13.5. The maximum Gasteiger partial charge on any atom is 0.318 e. The van der Waals surface area contributed by atoms with Gasteiger partial charge in [0.1, 0.15) is 11.7 Å². The van der Waals surface area contributed by atoms with E-state index in [9.17, 15) is 14.4 Å². The maximum absolute atomic E-state index is 13.5. The summed E-state index contributed by atoms with van der Waals surface area (Å²) in [6.07, 6.45) is 7.39. The average Bonchev–Trinajstić information content (AvgIpc) is 2.71. The van der Waals surface area contributed by atoms with Crippen LogP contribution >= 0.6 is 11.6 Å². The number of ether oxygens (including phenoxy) is 1. The fourth-order valence-electron chi connectivity index (χ4n) is 5.49. The summed E-state index contributed by atoms with van der Waals surface area (Å²) in [7, 11) is 0. The number of likely N-dealkylation sites (tertiary alicyclic amines) is 1. The number of piperidine rings is 1. The van der Waals surface area contributed by atoms with Gasteiger partial charge in [0.2, 0.25) is 11.8 Å². The second-order valence-corrected chi connectivity index (χ2v) is 9.50. The number of esters is 1. The van der Waals surface area contributed by atoms with Gasteiger partial charge in [-0.25, -0.2) is 0 Å². The molecule has 0 spiro atoms. The number of nitrogens with zero attached hydrogens (tertiary/aromatic N) is 1. The van der Waals surface area contributed by atoms with Gasteiger partial charge in [-0.1, -0.05) is 37.3 Å². The minimum Gasteiger partial charge on any atom is -0.426 e. The number of primary amides is 1. The highest BCUT2D eigenvalue weighted by atomic mass is 35.5. The third kappa shape index (κ3) is 3.94. The topological polar surface area (TPSA) is 89.7 Å². The van der Waals surface area contributed by atoms with Crippen LogP contribution in [0, 0.1) is 23.2 Å². The van der Waals surface area contributed by atoms with Crippen molar-refractivity contribution in [2.75, 3.05) is 13.1 Å². The van der Waals surface area contributed by atoms with Crippen molar-refractivity contribution in [1.29, 1.82) is 0 Å². The van der Waals surface area contributed by atoms with Crippen molar-refractivity contribution in [2.45, 2.75) is 51.4 Å². The first-order chi connectivity index (χ1) is 14.4. The van der Waals surface area contributed by atoms with Crippen LogP contribution in [-0.4, -0.2) is 35.8 Å². The molecule has 162 valence electrons. The summed E-state index contributed by atoms with van der Waals surface area (Å²) >= 11 is 5.89. The Hall–Kier alpha value is -2.08. The van der Waals surface area contributed by atoms with E-state index in [4.69, 9.17) is 22.1 Å². The van der Waals surface area contributed by atoms with Gasteiger partial charge in [-0.15, -0.1) is 0 Å². The fourth-order valence-corrected chi connectivity index (χ4v) is 5.62. The van der Waals surface area contributed by atoms with E-state index in [1.807, 2.05) is 0 Å². The zero-order valence-electron chi connectivity index (χ0n) is 17.1. The van der Waals surface area contributed by atoms with Gasteiger partial charge in [0.25, 0.3) is 0 Å². The number of carbonyl (C=O) groups excluding carboxylic acids is 3. The van der Waals surface area contributed by atoms with E-state index in [2.05, 4.69) is 0 Å². The molecule has 7 heteroatoms. The monoisotopic (exact) mass is 432 g/mol. The van der Waals surface area contributed by atoms with Gasteiger partial charge < -0.3 is 15.4 Å². The molecule has 3 fully saturated rings. The van der Waals surface area contributed by atoms with Crippen molar-refractivity contribution in [2.24, 2.45) is 28.9 Å². The summed E-state index contributed by atoms with van der Waals surface area (Å²) in [5.74, 6) is -1.27. The summed E-state index contributed by atoms with van der Waals surface area (Å²) in [4.78, 5) is 40.8. The molecule has 0 radical (unpaired) electrons. The molecule has 3 atom stereocenters.